The first-order valence-corrected chi connectivity index (χ1v) is 20.2. The summed E-state index contributed by atoms with van der Waals surface area (Å²) in [7, 11) is 0. The average molecular weight is 770 g/mol. The lowest BCUT2D eigenvalue weighted by Gasteiger charge is -2.26. The second-order valence-electron chi connectivity index (χ2n) is 15.0. The molecule has 11 aromatic rings. The highest BCUT2D eigenvalue weighted by atomic mass is 15.1. The van der Waals surface area contributed by atoms with Crippen LogP contribution in [0.4, 0.5) is 17.1 Å². The number of aromatic nitrogens is 1. The first kappa shape index (κ1) is 30.2. The molecule has 0 aliphatic rings. The van der Waals surface area contributed by atoms with E-state index < -0.39 is 6.04 Å². The maximum atomic E-state index is 8.91. The quantitative estimate of drug-likeness (QED) is 0.149. The molecule has 0 aliphatic carbocycles. The number of rotatable bonds is 8. The van der Waals surface area contributed by atoms with Crippen LogP contribution in [0.1, 0.15) is 6.85 Å². The standard InChI is InChI=1S/C58H40N2/c1-3-14-41(15-4-1)43-32-36-49(37-33-43)59(50-38-34-44(35-39-50)42-28-30-46(31-29-42)53-24-12-17-45-16-7-8-22-52(45)53)51-21-11-18-47(40-51)54-25-13-27-57-58(54)55-23-9-10-26-56(55)60(57)48-19-5-2-6-20-48/h1-40H/i2D,5D,6D,19D,20D. The minimum absolute atomic E-state index is 0.127. The van der Waals surface area contributed by atoms with Gasteiger partial charge in [0.2, 0.25) is 0 Å². The monoisotopic (exact) mass is 769 g/mol. The molecule has 0 aliphatic heterocycles. The molecule has 282 valence electrons. The maximum absolute atomic E-state index is 8.91. The van der Waals surface area contributed by atoms with Gasteiger partial charge in [0.05, 0.1) is 17.9 Å². The topological polar surface area (TPSA) is 8.17 Å². The summed E-state index contributed by atoms with van der Waals surface area (Å²) >= 11 is 0. The summed E-state index contributed by atoms with van der Waals surface area (Å²) in [6.45, 7) is 0. The molecular formula is C58H40N2. The molecule has 0 bridgehead atoms. The molecule has 11 rings (SSSR count). The van der Waals surface area contributed by atoms with E-state index in [9.17, 15) is 0 Å². The first-order valence-electron chi connectivity index (χ1n) is 22.7. The van der Waals surface area contributed by atoms with Crippen LogP contribution in [0.2, 0.25) is 0 Å². The molecule has 0 atom stereocenters. The highest BCUT2D eigenvalue weighted by Gasteiger charge is 2.18. The molecule has 1 heterocycles. The lowest BCUT2D eigenvalue weighted by atomic mass is 9.96. The van der Waals surface area contributed by atoms with E-state index in [0.29, 0.717) is 0 Å². The number of hydrogen-bond donors (Lipinski definition) is 0. The zero-order valence-corrected chi connectivity index (χ0v) is 32.6. The fraction of sp³-hybridized carbons (Fsp3) is 0. The van der Waals surface area contributed by atoms with Gasteiger partial charge in [-0.05, 0) is 116 Å². The van der Waals surface area contributed by atoms with E-state index in [2.05, 4.69) is 175 Å². The van der Waals surface area contributed by atoms with Crippen molar-refractivity contribution in [1.29, 1.82) is 0 Å². The SMILES string of the molecule is [2H]c1c([2H])c([2H])c(-n2c3ccccc3c3c(-c4cccc(N(c5ccc(-c6ccccc6)cc5)c5ccc(-c6ccc(-c7cccc8ccccc78)cc6)cc5)c4)cccc32)c([2H])c1[2H]. The zero-order valence-electron chi connectivity index (χ0n) is 37.6. The molecule has 0 N–H and O–H groups in total. The van der Waals surface area contributed by atoms with Gasteiger partial charge in [-0.25, -0.2) is 0 Å². The molecule has 0 fully saturated rings. The number of anilines is 3. The predicted octanol–water partition coefficient (Wildman–Crippen LogP) is 16.1. The highest BCUT2D eigenvalue weighted by molar-refractivity contribution is 6.16. The Balaban J connectivity index is 1.02. The van der Waals surface area contributed by atoms with Crippen molar-refractivity contribution >= 4 is 49.6 Å². The third-order valence-corrected chi connectivity index (χ3v) is 11.5. The maximum Gasteiger partial charge on any atom is 0.0645 e. The van der Waals surface area contributed by atoms with Crippen molar-refractivity contribution in [3.8, 4) is 50.2 Å². The Morgan fingerprint density at radius 3 is 1.60 bits per heavy atom. The van der Waals surface area contributed by atoms with E-state index >= 15 is 0 Å². The molecule has 10 aromatic carbocycles. The summed E-state index contributed by atoms with van der Waals surface area (Å²) in [6.07, 6.45) is 0. The van der Waals surface area contributed by atoms with Crippen LogP contribution >= 0.6 is 0 Å². The number of para-hydroxylation sites is 2. The number of nitrogens with zero attached hydrogens (tertiary/aromatic N) is 2. The van der Waals surface area contributed by atoms with Crippen molar-refractivity contribution in [3.05, 3.63) is 243 Å². The van der Waals surface area contributed by atoms with Crippen LogP contribution in [-0.2, 0) is 0 Å². The lowest BCUT2D eigenvalue weighted by molar-refractivity contribution is 1.18. The van der Waals surface area contributed by atoms with Gasteiger partial charge in [-0.15, -0.1) is 0 Å². The molecule has 60 heavy (non-hydrogen) atoms. The van der Waals surface area contributed by atoms with Crippen LogP contribution in [0.25, 0.3) is 82.8 Å². The van der Waals surface area contributed by atoms with E-state index in [-0.39, 0.29) is 29.9 Å². The molecule has 2 nitrogen and oxygen atoms in total. The fourth-order valence-electron chi connectivity index (χ4n) is 8.67. The van der Waals surface area contributed by atoms with E-state index in [1.165, 1.54) is 21.9 Å². The van der Waals surface area contributed by atoms with E-state index in [1.807, 2.05) is 47.0 Å². The Morgan fingerprint density at radius 2 is 0.867 bits per heavy atom. The van der Waals surface area contributed by atoms with E-state index in [0.717, 1.165) is 72.2 Å². The molecule has 0 amide bonds. The van der Waals surface area contributed by atoms with Gasteiger partial charge < -0.3 is 9.47 Å². The molecule has 0 saturated heterocycles. The van der Waals surface area contributed by atoms with Gasteiger partial charge in [-0.1, -0.05) is 182 Å². The van der Waals surface area contributed by atoms with Crippen molar-refractivity contribution in [1.82, 2.24) is 4.57 Å². The predicted molar refractivity (Wildman–Crippen MR) is 255 cm³/mol. The molecule has 1 aromatic heterocycles. The summed E-state index contributed by atoms with van der Waals surface area (Å²) < 4.78 is 44.9. The molecule has 0 saturated carbocycles. The fourth-order valence-corrected chi connectivity index (χ4v) is 8.67. The molecule has 0 radical (unpaired) electrons. The smallest absolute Gasteiger partial charge is 0.0645 e. The minimum Gasteiger partial charge on any atom is -0.310 e. The summed E-state index contributed by atoms with van der Waals surface area (Å²) in [5.41, 5.74) is 13.5. The highest BCUT2D eigenvalue weighted by Crippen LogP contribution is 2.42. The molecule has 2 heteroatoms. The van der Waals surface area contributed by atoms with Crippen LogP contribution in [0.15, 0.2) is 243 Å². The van der Waals surface area contributed by atoms with E-state index in [4.69, 9.17) is 6.85 Å². The minimum atomic E-state index is -0.415. The van der Waals surface area contributed by atoms with Gasteiger partial charge in [0.25, 0.3) is 0 Å². The average Bonchev–Trinajstić information content (AvgIpc) is 3.70. The summed E-state index contributed by atoms with van der Waals surface area (Å²) in [5, 5.41) is 4.32. The Bertz CT molecular complexity index is 3550. The molecule has 0 unspecified atom stereocenters. The molecule has 0 spiro atoms. The van der Waals surface area contributed by atoms with Crippen molar-refractivity contribution in [2.45, 2.75) is 0 Å². The third-order valence-electron chi connectivity index (χ3n) is 11.5. The van der Waals surface area contributed by atoms with Gasteiger partial charge in [0.15, 0.2) is 0 Å². The number of fused-ring (bicyclic) bond motifs is 4. The van der Waals surface area contributed by atoms with Crippen molar-refractivity contribution in [2.75, 3.05) is 4.90 Å². The Kier molecular flexibility index (Phi) is 7.59. The zero-order chi connectivity index (χ0) is 44.2. The van der Waals surface area contributed by atoms with Crippen LogP contribution < -0.4 is 4.90 Å². The Labute approximate surface area is 357 Å². The Morgan fingerprint density at radius 1 is 0.350 bits per heavy atom. The van der Waals surface area contributed by atoms with Crippen LogP contribution in [0.5, 0.6) is 0 Å². The summed E-state index contributed by atoms with van der Waals surface area (Å²) in [6, 6.07) is 72.4. The van der Waals surface area contributed by atoms with E-state index in [1.54, 1.807) is 0 Å². The first-order chi connectivity index (χ1) is 31.8. The van der Waals surface area contributed by atoms with Gasteiger partial charge >= 0.3 is 0 Å². The van der Waals surface area contributed by atoms with Crippen molar-refractivity contribution in [3.63, 3.8) is 0 Å². The third kappa shape index (κ3) is 6.32. The number of benzene rings is 10. The molecular weight excluding hydrogens is 725 g/mol. The van der Waals surface area contributed by atoms with Crippen LogP contribution in [0, 0.1) is 0 Å². The van der Waals surface area contributed by atoms with Gasteiger partial charge in [-0.3, -0.25) is 0 Å². The second-order valence-corrected chi connectivity index (χ2v) is 15.0. The number of hydrogen-bond acceptors (Lipinski definition) is 1. The van der Waals surface area contributed by atoms with Crippen molar-refractivity contribution < 1.29 is 6.85 Å². The van der Waals surface area contributed by atoms with Gasteiger partial charge in [-0.2, -0.15) is 0 Å². The van der Waals surface area contributed by atoms with Crippen LogP contribution in [0.3, 0.4) is 0 Å². The largest absolute Gasteiger partial charge is 0.310 e. The normalized spacial score (nSPS) is 12.5. The van der Waals surface area contributed by atoms with Crippen molar-refractivity contribution in [2.24, 2.45) is 0 Å². The van der Waals surface area contributed by atoms with Gasteiger partial charge in [0.1, 0.15) is 0 Å². The van der Waals surface area contributed by atoms with Crippen LogP contribution in [-0.4, -0.2) is 4.57 Å². The summed E-state index contributed by atoms with van der Waals surface area (Å²) in [4.78, 5) is 2.28. The lowest BCUT2D eigenvalue weighted by Crippen LogP contribution is -2.10. The second kappa shape index (κ2) is 15.1. The van der Waals surface area contributed by atoms with Gasteiger partial charge in [0, 0.05) is 33.5 Å². The summed E-state index contributed by atoms with van der Waals surface area (Å²) in [5.74, 6) is 0. The Hall–Kier alpha value is -7.94.